The number of hydrogen-bond donors (Lipinski definition) is 0. The lowest BCUT2D eigenvalue weighted by molar-refractivity contribution is -0.136. The molecule has 1 spiro atoms. The van der Waals surface area contributed by atoms with Gasteiger partial charge in [0.25, 0.3) is 0 Å². The molecule has 4 heterocycles. The molecular formula is C29H22F2N6O. The van der Waals surface area contributed by atoms with E-state index in [-0.39, 0.29) is 22.4 Å². The Hall–Kier alpha value is -4.71. The van der Waals surface area contributed by atoms with Crippen LogP contribution in [0.4, 0.5) is 14.6 Å². The number of amides is 1. The zero-order valence-corrected chi connectivity index (χ0v) is 20.4. The summed E-state index contributed by atoms with van der Waals surface area (Å²) >= 11 is 0. The van der Waals surface area contributed by atoms with Crippen LogP contribution in [0.5, 0.6) is 0 Å². The van der Waals surface area contributed by atoms with Gasteiger partial charge in [-0.15, -0.1) is 0 Å². The van der Waals surface area contributed by atoms with E-state index >= 15 is 4.39 Å². The third kappa shape index (κ3) is 3.86. The van der Waals surface area contributed by atoms with Crippen LogP contribution in [0, 0.1) is 28.4 Å². The molecular weight excluding hydrogens is 486 g/mol. The summed E-state index contributed by atoms with van der Waals surface area (Å²) in [6.07, 6.45) is 6.98. The minimum Gasteiger partial charge on any atom is -0.355 e. The van der Waals surface area contributed by atoms with E-state index in [9.17, 15) is 14.4 Å². The maximum absolute atomic E-state index is 15.1. The van der Waals surface area contributed by atoms with Crippen molar-refractivity contribution >= 4 is 22.6 Å². The first kappa shape index (κ1) is 23.7. The summed E-state index contributed by atoms with van der Waals surface area (Å²) in [4.78, 5) is 28.9. The van der Waals surface area contributed by atoms with Gasteiger partial charge in [0.1, 0.15) is 35.4 Å². The van der Waals surface area contributed by atoms with Crippen LogP contribution in [0.2, 0.25) is 0 Å². The van der Waals surface area contributed by atoms with Crippen LogP contribution in [-0.4, -0.2) is 51.9 Å². The lowest BCUT2D eigenvalue weighted by Crippen LogP contribution is -2.59. The summed E-state index contributed by atoms with van der Waals surface area (Å²) in [5, 5.41) is 10.9. The van der Waals surface area contributed by atoms with Gasteiger partial charge in [0.2, 0.25) is 5.91 Å². The fraction of sp³-hybridized carbons (Fsp3) is 0.207. The summed E-state index contributed by atoms with van der Waals surface area (Å²) < 4.78 is 28.9. The van der Waals surface area contributed by atoms with Crippen LogP contribution in [0.25, 0.3) is 33.2 Å². The Morgan fingerprint density at radius 1 is 1.08 bits per heavy atom. The molecule has 0 saturated carbocycles. The molecule has 4 aromatic rings. The first-order valence-corrected chi connectivity index (χ1v) is 12.2. The van der Waals surface area contributed by atoms with Gasteiger partial charge in [-0.1, -0.05) is 18.7 Å². The van der Waals surface area contributed by atoms with Crippen molar-refractivity contribution in [2.75, 3.05) is 31.1 Å². The molecule has 1 amide bonds. The van der Waals surface area contributed by atoms with Gasteiger partial charge >= 0.3 is 0 Å². The molecule has 7 nitrogen and oxygen atoms in total. The number of fused-ring (bicyclic) bond motifs is 1. The van der Waals surface area contributed by atoms with Gasteiger partial charge in [0.05, 0.1) is 5.52 Å². The van der Waals surface area contributed by atoms with Crippen molar-refractivity contribution in [3.8, 4) is 28.3 Å². The molecule has 0 radical (unpaired) electrons. The summed E-state index contributed by atoms with van der Waals surface area (Å²) in [5.74, 6) is -1.09. The van der Waals surface area contributed by atoms with E-state index < -0.39 is 11.6 Å². The highest BCUT2D eigenvalue weighted by atomic mass is 19.1. The molecule has 9 heteroatoms. The zero-order valence-electron chi connectivity index (χ0n) is 20.4. The molecule has 0 aliphatic carbocycles. The number of carbonyl (C=O) groups is 1. The second-order valence-corrected chi connectivity index (χ2v) is 9.85. The molecule has 0 N–H and O–H groups in total. The number of hydrogen-bond acceptors (Lipinski definition) is 6. The van der Waals surface area contributed by atoms with E-state index in [1.165, 1.54) is 24.5 Å². The van der Waals surface area contributed by atoms with E-state index in [1.54, 1.807) is 23.4 Å². The van der Waals surface area contributed by atoms with E-state index in [1.807, 2.05) is 17.0 Å². The number of halogens is 2. The number of pyridine rings is 1. The van der Waals surface area contributed by atoms with Crippen LogP contribution in [0.1, 0.15) is 12.0 Å². The molecule has 2 saturated heterocycles. The summed E-state index contributed by atoms with van der Waals surface area (Å²) in [5.41, 5.74) is 2.82. The fourth-order valence-electron chi connectivity index (χ4n) is 5.61. The van der Waals surface area contributed by atoms with Crippen LogP contribution < -0.4 is 4.90 Å². The maximum Gasteiger partial charge on any atom is 0.245 e. The third-order valence-electron chi connectivity index (χ3n) is 7.45. The standard InChI is InChI=1S/C29H22F2N6O/c1-2-26(38)37-15-29(16-37)7-8-36(14-29)28-23(11-32)27(21-6-4-20(30)10-24(21)31)22-5-3-18(9-25(22)35-28)19-12-33-17-34-13-19/h2-6,9-10,12-13,17H,1,7-8,14-16H2. The Morgan fingerprint density at radius 3 is 2.58 bits per heavy atom. The Kier molecular flexibility index (Phi) is 5.60. The van der Waals surface area contributed by atoms with Crippen molar-refractivity contribution in [3.05, 3.63) is 85.0 Å². The molecule has 6 rings (SSSR count). The quantitative estimate of drug-likeness (QED) is 0.371. The molecule has 0 bridgehead atoms. The number of carbonyl (C=O) groups excluding carboxylic acids is 1. The number of rotatable bonds is 4. The van der Waals surface area contributed by atoms with Gasteiger partial charge in [-0.05, 0) is 36.3 Å². The smallest absolute Gasteiger partial charge is 0.245 e. The lowest BCUT2D eigenvalue weighted by Gasteiger charge is -2.47. The fourth-order valence-corrected chi connectivity index (χ4v) is 5.61. The minimum absolute atomic E-state index is 0.0907. The predicted molar refractivity (Wildman–Crippen MR) is 139 cm³/mol. The van der Waals surface area contributed by atoms with Crippen molar-refractivity contribution in [2.24, 2.45) is 5.41 Å². The Balaban J connectivity index is 1.50. The van der Waals surface area contributed by atoms with Gasteiger partial charge < -0.3 is 9.80 Å². The average molecular weight is 509 g/mol. The first-order valence-electron chi connectivity index (χ1n) is 12.2. The monoisotopic (exact) mass is 508 g/mol. The molecule has 2 aromatic heterocycles. The van der Waals surface area contributed by atoms with Gasteiger partial charge in [-0.25, -0.2) is 23.7 Å². The normalized spacial score (nSPS) is 15.9. The zero-order chi connectivity index (χ0) is 26.4. The number of likely N-dealkylation sites (tertiary alicyclic amines) is 1. The SMILES string of the molecule is C=CC(=O)N1CC2(CCN(c3nc4cc(-c5cncnc5)ccc4c(-c4ccc(F)cc4F)c3C#N)C2)C1. The number of nitriles is 1. The largest absolute Gasteiger partial charge is 0.355 e. The Bertz CT molecular complexity index is 1640. The summed E-state index contributed by atoms with van der Waals surface area (Å²) in [6.45, 7) is 6.04. The Morgan fingerprint density at radius 2 is 1.87 bits per heavy atom. The minimum atomic E-state index is -0.754. The van der Waals surface area contributed by atoms with Gasteiger partial charge in [0, 0.05) is 72.1 Å². The van der Waals surface area contributed by atoms with Crippen LogP contribution in [0.15, 0.2) is 67.8 Å². The molecule has 0 unspecified atom stereocenters. The summed E-state index contributed by atoms with van der Waals surface area (Å²) in [6, 6.07) is 11.1. The van der Waals surface area contributed by atoms with E-state index in [4.69, 9.17) is 4.98 Å². The van der Waals surface area contributed by atoms with E-state index in [0.29, 0.717) is 48.5 Å². The van der Waals surface area contributed by atoms with Gasteiger partial charge in [-0.3, -0.25) is 4.79 Å². The second-order valence-electron chi connectivity index (χ2n) is 9.85. The van der Waals surface area contributed by atoms with Crippen molar-refractivity contribution < 1.29 is 13.6 Å². The third-order valence-corrected chi connectivity index (χ3v) is 7.45. The van der Waals surface area contributed by atoms with E-state index in [0.717, 1.165) is 23.6 Å². The van der Waals surface area contributed by atoms with Crippen molar-refractivity contribution in [2.45, 2.75) is 6.42 Å². The predicted octanol–water partition coefficient (Wildman–Crippen LogP) is 4.73. The summed E-state index contributed by atoms with van der Waals surface area (Å²) in [7, 11) is 0. The molecule has 0 atom stereocenters. The molecule has 2 aliphatic heterocycles. The van der Waals surface area contributed by atoms with Crippen LogP contribution in [0.3, 0.4) is 0 Å². The van der Waals surface area contributed by atoms with Crippen molar-refractivity contribution in [1.82, 2.24) is 19.9 Å². The maximum atomic E-state index is 15.1. The van der Waals surface area contributed by atoms with Crippen molar-refractivity contribution in [3.63, 3.8) is 0 Å². The highest BCUT2D eigenvalue weighted by Crippen LogP contribution is 2.44. The lowest BCUT2D eigenvalue weighted by atomic mass is 9.79. The molecule has 2 aliphatic rings. The number of nitrogens with zero attached hydrogens (tertiary/aromatic N) is 6. The van der Waals surface area contributed by atoms with Gasteiger partial charge in [0.15, 0.2) is 0 Å². The average Bonchev–Trinajstić information content (AvgIpc) is 3.37. The highest BCUT2D eigenvalue weighted by molar-refractivity contribution is 6.01. The Labute approximate surface area is 217 Å². The first-order chi connectivity index (χ1) is 18.4. The van der Waals surface area contributed by atoms with E-state index in [2.05, 4.69) is 22.6 Å². The molecule has 38 heavy (non-hydrogen) atoms. The number of anilines is 1. The van der Waals surface area contributed by atoms with Crippen LogP contribution >= 0.6 is 0 Å². The molecule has 2 aromatic carbocycles. The van der Waals surface area contributed by atoms with Crippen LogP contribution in [-0.2, 0) is 4.79 Å². The second kappa shape index (κ2) is 8.99. The topological polar surface area (TPSA) is 86.0 Å². The number of aromatic nitrogens is 3. The van der Waals surface area contributed by atoms with Gasteiger partial charge in [-0.2, -0.15) is 5.26 Å². The highest BCUT2D eigenvalue weighted by Gasteiger charge is 2.49. The molecule has 2 fully saturated rings. The van der Waals surface area contributed by atoms with Crippen molar-refractivity contribution in [1.29, 1.82) is 5.26 Å². The number of benzene rings is 2. The molecule has 188 valence electrons.